The van der Waals surface area contributed by atoms with Gasteiger partial charge in [0.2, 0.25) is 5.95 Å². The van der Waals surface area contributed by atoms with Crippen LogP contribution in [0.3, 0.4) is 0 Å². The van der Waals surface area contributed by atoms with Crippen LogP contribution in [0.4, 0.5) is 23.1 Å². The number of fused-ring (bicyclic) bond motifs is 1. The van der Waals surface area contributed by atoms with Crippen LogP contribution < -0.4 is 15.5 Å². The normalized spacial score (nSPS) is 20.2. The van der Waals surface area contributed by atoms with Gasteiger partial charge >= 0.3 is 0 Å². The van der Waals surface area contributed by atoms with Crippen molar-refractivity contribution in [2.24, 2.45) is 0 Å². The fourth-order valence-corrected chi connectivity index (χ4v) is 5.61. The minimum atomic E-state index is 0.0296. The number of nitrogens with one attached hydrogen (secondary N) is 2. The summed E-state index contributed by atoms with van der Waals surface area (Å²) in [5.74, 6) is 0.978. The Morgan fingerprint density at radius 1 is 1.03 bits per heavy atom. The monoisotopic (exact) mass is 498 g/mol. The number of halogens is 1. The van der Waals surface area contributed by atoms with Gasteiger partial charge in [-0.15, -0.1) is 0 Å². The minimum absolute atomic E-state index is 0.0296. The number of hydrogen-bond donors (Lipinski definition) is 2. The highest BCUT2D eigenvalue weighted by atomic mass is 35.5. The predicted octanol–water partition coefficient (Wildman–Crippen LogP) is 2.76. The molecular formula is C25H35ClN8O. The highest BCUT2D eigenvalue weighted by Crippen LogP contribution is 2.37. The van der Waals surface area contributed by atoms with E-state index in [1.807, 2.05) is 13.1 Å². The number of nitrogens with zero attached hydrogens (tertiary/aromatic N) is 6. The second-order valence-electron chi connectivity index (χ2n) is 9.79. The molecule has 2 saturated heterocycles. The third-order valence-corrected chi connectivity index (χ3v) is 7.90. The first-order valence-corrected chi connectivity index (χ1v) is 12.9. The standard InChI is InChI=1S/C25H35ClN8O/c1-27-25-28-16-19(26)23(30-25)29-20-4-5-21(18-8-9-32(3)24(35)22(18)20)34-10-6-17(7-11-34)33-14-12-31(2)13-15-33/h4-5,16-17H,6-15H2,1-3H3,(H2,27,28,29,30). The smallest absolute Gasteiger partial charge is 0.256 e. The molecule has 5 rings (SSSR count). The van der Waals surface area contributed by atoms with Gasteiger partial charge in [0.15, 0.2) is 5.82 Å². The molecule has 1 aromatic heterocycles. The molecule has 3 aliphatic heterocycles. The third-order valence-electron chi connectivity index (χ3n) is 7.63. The maximum atomic E-state index is 13.3. The Balaban J connectivity index is 1.39. The molecule has 2 N–H and O–H groups in total. The number of aromatic nitrogens is 2. The predicted molar refractivity (Wildman–Crippen MR) is 141 cm³/mol. The van der Waals surface area contributed by atoms with E-state index in [9.17, 15) is 4.79 Å². The first kappa shape index (κ1) is 24.1. The maximum absolute atomic E-state index is 13.3. The fourth-order valence-electron chi connectivity index (χ4n) is 5.47. The number of benzene rings is 1. The van der Waals surface area contributed by atoms with Crippen molar-refractivity contribution in [1.82, 2.24) is 24.7 Å². The topological polar surface area (TPSA) is 79.9 Å². The van der Waals surface area contributed by atoms with Gasteiger partial charge in [-0.3, -0.25) is 9.69 Å². The van der Waals surface area contributed by atoms with Crippen LogP contribution in [-0.4, -0.2) is 104 Å². The zero-order chi connectivity index (χ0) is 24.5. The van der Waals surface area contributed by atoms with Crippen LogP contribution >= 0.6 is 11.6 Å². The van der Waals surface area contributed by atoms with E-state index < -0.39 is 0 Å². The molecule has 0 spiro atoms. The Kier molecular flexibility index (Phi) is 7.00. The summed E-state index contributed by atoms with van der Waals surface area (Å²) >= 11 is 6.36. The summed E-state index contributed by atoms with van der Waals surface area (Å²) in [5.41, 5.74) is 3.76. The largest absolute Gasteiger partial charge is 0.371 e. The first-order chi connectivity index (χ1) is 16.9. The van der Waals surface area contributed by atoms with Gasteiger partial charge < -0.3 is 25.3 Å². The molecule has 1 aromatic carbocycles. The van der Waals surface area contributed by atoms with Crippen molar-refractivity contribution in [1.29, 1.82) is 0 Å². The van der Waals surface area contributed by atoms with Gasteiger partial charge in [0.1, 0.15) is 5.02 Å². The molecule has 188 valence electrons. The lowest BCUT2D eigenvalue weighted by molar-refractivity contribution is 0.0782. The summed E-state index contributed by atoms with van der Waals surface area (Å²) in [5, 5.41) is 6.65. The SMILES string of the molecule is CNc1ncc(Cl)c(Nc2ccc(N3CCC(N4CCN(C)CC4)CC3)c3c2C(=O)N(C)CC3)n1. The molecule has 0 unspecified atom stereocenters. The third kappa shape index (κ3) is 4.90. The lowest BCUT2D eigenvalue weighted by Crippen LogP contribution is -2.52. The molecule has 4 heterocycles. The second kappa shape index (κ2) is 10.2. The molecule has 0 atom stereocenters. The number of piperidine rings is 1. The number of anilines is 4. The number of piperazine rings is 1. The van der Waals surface area contributed by atoms with E-state index in [0.717, 1.165) is 68.8 Å². The van der Waals surface area contributed by atoms with E-state index in [1.165, 1.54) is 18.8 Å². The van der Waals surface area contributed by atoms with E-state index in [0.29, 0.717) is 22.8 Å². The number of hydrogen-bond acceptors (Lipinski definition) is 8. The molecule has 2 fully saturated rings. The van der Waals surface area contributed by atoms with Gasteiger partial charge in [-0.2, -0.15) is 4.98 Å². The fraction of sp³-hybridized carbons (Fsp3) is 0.560. The van der Waals surface area contributed by atoms with Crippen molar-refractivity contribution in [2.45, 2.75) is 25.3 Å². The number of likely N-dealkylation sites (N-methyl/N-ethyl adjacent to an activating group) is 2. The average Bonchev–Trinajstić information content (AvgIpc) is 2.88. The average molecular weight is 499 g/mol. The van der Waals surface area contributed by atoms with Gasteiger partial charge in [0, 0.05) is 71.6 Å². The Hall–Kier alpha value is -2.62. The van der Waals surface area contributed by atoms with Crippen LogP contribution in [0.1, 0.15) is 28.8 Å². The minimum Gasteiger partial charge on any atom is -0.371 e. The summed E-state index contributed by atoms with van der Waals surface area (Å²) < 4.78 is 0. The Morgan fingerprint density at radius 2 is 1.77 bits per heavy atom. The number of carbonyl (C=O) groups is 1. The summed E-state index contributed by atoms with van der Waals surface area (Å²) in [7, 11) is 5.83. The van der Waals surface area contributed by atoms with Gasteiger partial charge in [0.25, 0.3) is 5.91 Å². The molecule has 10 heteroatoms. The molecule has 9 nitrogen and oxygen atoms in total. The zero-order valence-electron chi connectivity index (χ0n) is 20.8. The molecule has 35 heavy (non-hydrogen) atoms. The van der Waals surface area contributed by atoms with Gasteiger partial charge in [0.05, 0.1) is 17.4 Å². The van der Waals surface area contributed by atoms with Crippen LogP contribution in [0, 0.1) is 0 Å². The molecule has 1 amide bonds. The lowest BCUT2D eigenvalue weighted by Gasteiger charge is -2.43. The highest BCUT2D eigenvalue weighted by molar-refractivity contribution is 6.33. The van der Waals surface area contributed by atoms with Crippen molar-refractivity contribution in [3.05, 3.63) is 34.5 Å². The van der Waals surface area contributed by atoms with Crippen molar-refractivity contribution in [3.63, 3.8) is 0 Å². The van der Waals surface area contributed by atoms with Crippen LogP contribution in [0.25, 0.3) is 0 Å². The first-order valence-electron chi connectivity index (χ1n) is 12.5. The summed E-state index contributed by atoms with van der Waals surface area (Å²) in [6.07, 6.45) is 4.72. The van der Waals surface area contributed by atoms with Crippen molar-refractivity contribution >= 4 is 40.6 Å². The van der Waals surface area contributed by atoms with Gasteiger partial charge in [-0.05, 0) is 44.0 Å². The van der Waals surface area contributed by atoms with Crippen LogP contribution in [0.2, 0.25) is 5.02 Å². The molecule has 2 aromatic rings. The summed E-state index contributed by atoms with van der Waals surface area (Å²) in [6.45, 7) is 7.40. The number of rotatable bonds is 5. The molecule has 0 bridgehead atoms. The van der Waals surface area contributed by atoms with E-state index in [1.54, 1.807) is 18.1 Å². The number of amides is 1. The van der Waals surface area contributed by atoms with Crippen LogP contribution in [-0.2, 0) is 6.42 Å². The Labute approximate surface area is 212 Å². The molecule has 0 radical (unpaired) electrons. The number of carbonyl (C=O) groups excluding carboxylic acids is 1. The molecular weight excluding hydrogens is 464 g/mol. The van der Waals surface area contributed by atoms with E-state index >= 15 is 0 Å². The molecule has 0 aliphatic carbocycles. The van der Waals surface area contributed by atoms with Gasteiger partial charge in [-0.25, -0.2) is 4.98 Å². The van der Waals surface area contributed by atoms with Crippen LogP contribution in [0.15, 0.2) is 18.3 Å². The lowest BCUT2D eigenvalue weighted by atomic mass is 9.93. The van der Waals surface area contributed by atoms with Crippen LogP contribution in [0.5, 0.6) is 0 Å². The second-order valence-corrected chi connectivity index (χ2v) is 10.2. The molecule has 0 saturated carbocycles. The summed E-state index contributed by atoms with van der Waals surface area (Å²) in [4.78, 5) is 31.3. The van der Waals surface area contributed by atoms with Crippen molar-refractivity contribution in [3.8, 4) is 0 Å². The zero-order valence-corrected chi connectivity index (χ0v) is 21.6. The van der Waals surface area contributed by atoms with E-state index in [4.69, 9.17) is 11.6 Å². The highest BCUT2D eigenvalue weighted by Gasteiger charge is 2.32. The Morgan fingerprint density at radius 3 is 2.49 bits per heavy atom. The van der Waals surface area contributed by atoms with Gasteiger partial charge in [-0.1, -0.05) is 11.6 Å². The quantitative estimate of drug-likeness (QED) is 0.651. The van der Waals surface area contributed by atoms with Crippen molar-refractivity contribution < 1.29 is 4.79 Å². The van der Waals surface area contributed by atoms with E-state index in [2.05, 4.69) is 48.4 Å². The van der Waals surface area contributed by atoms with E-state index in [-0.39, 0.29) is 5.91 Å². The Bertz CT molecular complexity index is 1080. The van der Waals surface area contributed by atoms with Crippen molar-refractivity contribution in [2.75, 3.05) is 82.5 Å². The maximum Gasteiger partial charge on any atom is 0.256 e. The molecule has 3 aliphatic rings. The summed E-state index contributed by atoms with van der Waals surface area (Å²) in [6, 6.07) is 4.81.